The summed E-state index contributed by atoms with van der Waals surface area (Å²) < 4.78 is 6.10. The topological polar surface area (TPSA) is 57.0 Å². The maximum atomic E-state index is 10.8. The molecule has 0 saturated carbocycles. The van der Waals surface area contributed by atoms with Gasteiger partial charge < -0.3 is 4.74 Å². The molecule has 0 atom stereocenters. The van der Waals surface area contributed by atoms with E-state index in [4.69, 9.17) is 0 Å². The Kier molecular flexibility index (Phi) is 2.42. The van der Waals surface area contributed by atoms with Crippen LogP contribution < -0.4 is 0 Å². The summed E-state index contributed by atoms with van der Waals surface area (Å²) in [5.41, 5.74) is 0. The second kappa shape index (κ2) is 3.34. The number of rotatable bonds is 2. The van der Waals surface area contributed by atoms with E-state index >= 15 is 0 Å². The van der Waals surface area contributed by atoms with Crippen LogP contribution in [0.5, 0.6) is 0 Å². The van der Waals surface area contributed by atoms with Crippen molar-refractivity contribution in [2.75, 3.05) is 7.11 Å². The van der Waals surface area contributed by atoms with E-state index in [0.717, 1.165) is 5.82 Å². The second-order valence-electron chi connectivity index (χ2n) is 2.45. The lowest BCUT2D eigenvalue weighted by atomic mass is 10.4. The van der Waals surface area contributed by atoms with Crippen LogP contribution in [0.4, 0.5) is 0 Å². The van der Waals surface area contributed by atoms with Gasteiger partial charge in [-0.25, -0.2) is 4.98 Å². The van der Waals surface area contributed by atoms with Crippen LogP contribution in [0.15, 0.2) is 0 Å². The Morgan fingerprint density at radius 1 is 1.67 bits per heavy atom. The van der Waals surface area contributed by atoms with Crippen molar-refractivity contribution in [2.24, 2.45) is 7.05 Å². The van der Waals surface area contributed by atoms with Crippen LogP contribution in [0.3, 0.4) is 0 Å². The van der Waals surface area contributed by atoms with Gasteiger partial charge >= 0.3 is 5.97 Å². The van der Waals surface area contributed by atoms with Gasteiger partial charge in [-0.15, -0.1) is 0 Å². The highest BCUT2D eigenvalue weighted by molar-refractivity contribution is 5.71. The molecule has 0 radical (unpaired) electrons. The molecule has 5 heteroatoms. The fourth-order valence-electron chi connectivity index (χ4n) is 0.803. The van der Waals surface area contributed by atoms with E-state index in [0.29, 0.717) is 5.82 Å². The van der Waals surface area contributed by atoms with E-state index in [9.17, 15) is 4.79 Å². The van der Waals surface area contributed by atoms with E-state index in [1.54, 1.807) is 11.7 Å². The number of aryl methyl sites for hydroxylation is 2. The Morgan fingerprint density at radius 3 is 2.75 bits per heavy atom. The molecule has 0 aliphatic carbocycles. The van der Waals surface area contributed by atoms with Crippen LogP contribution in [0, 0.1) is 6.92 Å². The van der Waals surface area contributed by atoms with Gasteiger partial charge in [0.05, 0.1) is 7.11 Å². The normalized spacial score (nSPS) is 9.92. The SMILES string of the molecule is COC(=O)Cc1nc(C)n(C)n1. The first-order chi connectivity index (χ1) is 5.63. The number of hydrogen-bond donors (Lipinski definition) is 0. The van der Waals surface area contributed by atoms with Gasteiger partial charge in [0, 0.05) is 7.05 Å². The monoisotopic (exact) mass is 169 g/mol. The van der Waals surface area contributed by atoms with Gasteiger partial charge in [0.2, 0.25) is 0 Å². The highest BCUT2D eigenvalue weighted by Gasteiger charge is 2.08. The van der Waals surface area contributed by atoms with Gasteiger partial charge in [-0.05, 0) is 6.92 Å². The van der Waals surface area contributed by atoms with Gasteiger partial charge in [0.25, 0.3) is 0 Å². The average molecular weight is 169 g/mol. The number of esters is 1. The quantitative estimate of drug-likeness (QED) is 0.577. The van der Waals surface area contributed by atoms with Crippen molar-refractivity contribution >= 4 is 5.97 Å². The molecule has 0 fully saturated rings. The molecule has 5 nitrogen and oxygen atoms in total. The summed E-state index contributed by atoms with van der Waals surface area (Å²) in [5.74, 6) is 0.969. The molecule has 66 valence electrons. The first-order valence-electron chi connectivity index (χ1n) is 3.57. The number of ether oxygens (including phenoxy) is 1. The molecular weight excluding hydrogens is 158 g/mol. The van der Waals surface area contributed by atoms with Crippen LogP contribution in [-0.4, -0.2) is 27.8 Å². The Balaban J connectivity index is 2.70. The van der Waals surface area contributed by atoms with Crippen molar-refractivity contribution in [3.8, 4) is 0 Å². The van der Waals surface area contributed by atoms with Gasteiger partial charge in [-0.3, -0.25) is 9.48 Å². The van der Waals surface area contributed by atoms with Crippen molar-refractivity contribution in [3.63, 3.8) is 0 Å². The van der Waals surface area contributed by atoms with E-state index in [1.807, 2.05) is 6.92 Å². The molecular formula is C7H11N3O2. The van der Waals surface area contributed by atoms with Crippen LogP contribution in [0.25, 0.3) is 0 Å². The highest BCUT2D eigenvalue weighted by Crippen LogP contribution is 1.96. The fraction of sp³-hybridized carbons (Fsp3) is 0.571. The number of nitrogens with zero attached hydrogens (tertiary/aromatic N) is 3. The largest absolute Gasteiger partial charge is 0.469 e. The van der Waals surface area contributed by atoms with Crippen molar-refractivity contribution in [2.45, 2.75) is 13.3 Å². The Labute approximate surface area is 70.4 Å². The average Bonchev–Trinajstić information content (AvgIpc) is 2.31. The van der Waals surface area contributed by atoms with E-state index in [2.05, 4.69) is 14.8 Å². The molecule has 0 aliphatic rings. The number of aromatic nitrogens is 3. The van der Waals surface area contributed by atoms with Gasteiger partial charge in [0.15, 0.2) is 5.82 Å². The second-order valence-corrected chi connectivity index (χ2v) is 2.45. The molecule has 1 rings (SSSR count). The predicted octanol–water partition coefficient (Wildman–Crippen LogP) is -0.161. The molecule has 0 spiro atoms. The summed E-state index contributed by atoms with van der Waals surface area (Å²) in [7, 11) is 3.13. The highest BCUT2D eigenvalue weighted by atomic mass is 16.5. The van der Waals surface area contributed by atoms with E-state index in [1.165, 1.54) is 7.11 Å². The summed E-state index contributed by atoms with van der Waals surface area (Å²) in [5, 5.41) is 4.00. The first kappa shape index (κ1) is 8.70. The molecule has 1 heterocycles. The Bertz CT molecular complexity index is 273. The molecule has 0 aliphatic heterocycles. The fourth-order valence-corrected chi connectivity index (χ4v) is 0.803. The minimum atomic E-state index is -0.319. The maximum Gasteiger partial charge on any atom is 0.313 e. The lowest BCUT2D eigenvalue weighted by Crippen LogP contribution is -2.06. The van der Waals surface area contributed by atoms with E-state index in [-0.39, 0.29) is 12.4 Å². The molecule has 0 unspecified atom stereocenters. The van der Waals surface area contributed by atoms with Crippen molar-refractivity contribution in [3.05, 3.63) is 11.6 Å². The smallest absolute Gasteiger partial charge is 0.313 e. The van der Waals surface area contributed by atoms with Crippen molar-refractivity contribution in [1.82, 2.24) is 14.8 Å². The number of carbonyl (C=O) groups is 1. The predicted molar refractivity (Wildman–Crippen MR) is 41.5 cm³/mol. The number of methoxy groups -OCH3 is 1. The zero-order valence-electron chi connectivity index (χ0n) is 7.37. The summed E-state index contributed by atoms with van der Waals surface area (Å²) in [6, 6.07) is 0. The number of hydrogen-bond acceptors (Lipinski definition) is 4. The Morgan fingerprint density at radius 2 is 2.33 bits per heavy atom. The summed E-state index contributed by atoms with van der Waals surface area (Å²) in [4.78, 5) is 14.8. The molecule has 0 amide bonds. The van der Waals surface area contributed by atoms with Crippen molar-refractivity contribution < 1.29 is 9.53 Å². The minimum Gasteiger partial charge on any atom is -0.469 e. The summed E-state index contributed by atoms with van der Waals surface area (Å²) >= 11 is 0. The van der Waals surface area contributed by atoms with Crippen molar-refractivity contribution in [1.29, 1.82) is 0 Å². The maximum absolute atomic E-state index is 10.8. The van der Waals surface area contributed by atoms with Crippen LogP contribution in [-0.2, 0) is 23.0 Å². The van der Waals surface area contributed by atoms with Crippen LogP contribution >= 0.6 is 0 Å². The third kappa shape index (κ3) is 1.81. The molecule has 1 aromatic rings. The molecule has 0 saturated heterocycles. The molecule has 1 aromatic heterocycles. The summed E-state index contributed by atoms with van der Waals surface area (Å²) in [6.07, 6.45) is 0.137. The van der Waals surface area contributed by atoms with E-state index < -0.39 is 0 Å². The standard InChI is InChI=1S/C7H11N3O2/c1-5-8-6(9-10(5)2)4-7(11)12-3/h4H2,1-3H3. The summed E-state index contributed by atoms with van der Waals surface area (Å²) in [6.45, 7) is 1.83. The third-order valence-corrected chi connectivity index (χ3v) is 1.55. The zero-order chi connectivity index (χ0) is 9.14. The first-order valence-corrected chi connectivity index (χ1v) is 3.57. The molecule has 0 bridgehead atoms. The minimum absolute atomic E-state index is 0.137. The lowest BCUT2D eigenvalue weighted by Gasteiger charge is -1.92. The zero-order valence-corrected chi connectivity index (χ0v) is 7.37. The van der Waals surface area contributed by atoms with Crippen LogP contribution in [0.1, 0.15) is 11.6 Å². The van der Waals surface area contributed by atoms with Gasteiger partial charge in [-0.1, -0.05) is 0 Å². The molecule has 12 heavy (non-hydrogen) atoms. The molecule has 0 aromatic carbocycles. The number of carbonyl (C=O) groups excluding carboxylic acids is 1. The van der Waals surface area contributed by atoms with Gasteiger partial charge in [-0.2, -0.15) is 5.10 Å². The van der Waals surface area contributed by atoms with Crippen LogP contribution in [0.2, 0.25) is 0 Å². The Hall–Kier alpha value is -1.39. The lowest BCUT2D eigenvalue weighted by molar-refractivity contribution is -0.139. The van der Waals surface area contributed by atoms with Gasteiger partial charge in [0.1, 0.15) is 12.2 Å². The molecule has 0 N–H and O–H groups in total. The third-order valence-electron chi connectivity index (χ3n) is 1.55.